The van der Waals surface area contributed by atoms with Crippen molar-refractivity contribution < 1.29 is 9.47 Å². The van der Waals surface area contributed by atoms with Crippen molar-refractivity contribution >= 4 is 5.95 Å². The van der Waals surface area contributed by atoms with E-state index in [-0.39, 0.29) is 0 Å². The zero-order valence-electron chi connectivity index (χ0n) is 17.7. The van der Waals surface area contributed by atoms with Crippen LogP contribution in [0.25, 0.3) is 22.6 Å². The van der Waals surface area contributed by atoms with E-state index >= 15 is 0 Å². The molecule has 0 aliphatic carbocycles. The van der Waals surface area contributed by atoms with E-state index in [4.69, 9.17) is 14.5 Å². The maximum atomic E-state index is 5.74. The minimum absolute atomic E-state index is 0.560. The molecule has 0 saturated carbocycles. The van der Waals surface area contributed by atoms with E-state index in [0.717, 1.165) is 40.6 Å². The number of imidazole rings is 1. The Morgan fingerprint density at radius 1 is 1.00 bits per heavy atom. The molecule has 7 heteroatoms. The lowest BCUT2D eigenvalue weighted by atomic mass is 10.0. The highest BCUT2D eigenvalue weighted by Crippen LogP contribution is 2.31. The van der Waals surface area contributed by atoms with Gasteiger partial charge in [-0.2, -0.15) is 0 Å². The van der Waals surface area contributed by atoms with E-state index in [1.807, 2.05) is 78.6 Å². The highest BCUT2D eigenvalue weighted by atomic mass is 16.5. The van der Waals surface area contributed by atoms with Gasteiger partial charge in [-0.25, -0.2) is 15.0 Å². The van der Waals surface area contributed by atoms with Crippen LogP contribution in [0.3, 0.4) is 0 Å². The van der Waals surface area contributed by atoms with Crippen molar-refractivity contribution in [3.63, 3.8) is 0 Å². The van der Waals surface area contributed by atoms with Gasteiger partial charge in [-0.3, -0.25) is 0 Å². The Morgan fingerprint density at radius 3 is 2.61 bits per heavy atom. The van der Waals surface area contributed by atoms with E-state index in [9.17, 15) is 0 Å². The van der Waals surface area contributed by atoms with Crippen LogP contribution in [-0.4, -0.2) is 39.8 Å². The van der Waals surface area contributed by atoms with E-state index < -0.39 is 0 Å². The van der Waals surface area contributed by atoms with Crippen LogP contribution in [0.15, 0.2) is 73.2 Å². The topological polar surface area (TPSA) is 74.1 Å². The fraction of sp³-hybridized carbons (Fsp3) is 0.208. The molecule has 0 spiro atoms. The summed E-state index contributed by atoms with van der Waals surface area (Å²) in [4.78, 5) is 13.8. The van der Waals surface area contributed by atoms with Gasteiger partial charge in [0.1, 0.15) is 17.2 Å². The Bertz CT molecular complexity index is 1130. The lowest BCUT2D eigenvalue weighted by molar-refractivity contribution is 0.315. The van der Waals surface area contributed by atoms with Gasteiger partial charge in [0.05, 0.1) is 13.7 Å². The fourth-order valence-corrected chi connectivity index (χ4v) is 3.21. The Balaban J connectivity index is 1.50. The van der Waals surface area contributed by atoms with Crippen molar-refractivity contribution in [1.29, 1.82) is 0 Å². The lowest BCUT2D eigenvalue weighted by Gasteiger charge is -2.12. The van der Waals surface area contributed by atoms with Crippen LogP contribution in [0.2, 0.25) is 0 Å². The van der Waals surface area contributed by atoms with Crippen LogP contribution in [-0.2, 0) is 7.05 Å². The van der Waals surface area contributed by atoms with Crippen LogP contribution < -0.4 is 14.8 Å². The summed E-state index contributed by atoms with van der Waals surface area (Å²) in [6, 6.07) is 17.7. The van der Waals surface area contributed by atoms with Gasteiger partial charge in [-0.05, 0) is 36.2 Å². The summed E-state index contributed by atoms with van der Waals surface area (Å²) in [5.41, 5.74) is 2.63. The number of aromatic nitrogens is 4. The number of aryl methyl sites for hydroxylation is 1. The molecular formula is C24H25N5O2. The second-order valence-corrected chi connectivity index (χ2v) is 6.99. The molecule has 0 aliphatic rings. The zero-order valence-corrected chi connectivity index (χ0v) is 17.7. The van der Waals surface area contributed by atoms with Gasteiger partial charge in [0.25, 0.3) is 0 Å². The van der Waals surface area contributed by atoms with Gasteiger partial charge < -0.3 is 19.4 Å². The minimum atomic E-state index is 0.560. The molecule has 0 bridgehead atoms. The molecule has 0 atom stereocenters. The highest BCUT2D eigenvalue weighted by molar-refractivity contribution is 5.78. The first kappa shape index (κ1) is 20.4. The Labute approximate surface area is 181 Å². The van der Waals surface area contributed by atoms with Crippen molar-refractivity contribution in [3.05, 3.63) is 73.2 Å². The monoisotopic (exact) mass is 415 g/mol. The number of nitrogens with zero attached hydrogens (tertiary/aromatic N) is 4. The molecule has 158 valence electrons. The first-order valence-corrected chi connectivity index (χ1v) is 10.2. The van der Waals surface area contributed by atoms with Crippen molar-refractivity contribution in [3.8, 4) is 34.1 Å². The third-order valence-corrected chi connectivity index (χ3v) is 4.82. The standard InChI is InChI=1S/C24H25N5O2/c1-29-14-13-25-23(29)22-21(18-8-6-11-20(16-18)30-2)17-27-24(28-22)26-12-7-15-31-19-9-4-3-5-10-19/h3-6,8-11,13-14,16-17H,7,12,15H2,1-2H3,(H,26,27,28). The molecule has 0 aliphatic heterocycles. The maximum absolute atomic E-state index is 5.74. The summed E-state index contributed by atoms with van der Waals surface area (Å²) in [6.07, 6.45) is 6.32. The number of hydrogen-bond donors (Lipinski definition) is 1. The third-order valence-electron chi connectivity index (χ3n) is 4.82. The van der Waals surface area contributed by atoms with Crippen LogP contribution in [0.5, 0.6) is 11.5 Å². The molecule has 0 unspecified atom stereocenters. The molecule has 4 aromatic rings. The highest BCUT2D eigenvalue weighted by Gasteiger charge is 2.15. The third kappa shape index (κ3) is 5.01. The molecule has 0 amide bonds. The normalized spacial score (nSPS) is 10.6. The largest absolute Gasteiger partial charge is 0.497 e. The molecular weight excluding hydrogens is 390 g/mol. The minimum Gasteiger partial charge on any atom is -0.497 e. The molecule has 0 saturated heterocycles. The second-order valence-electron chi connectivity index (χ2n) is 6.99. The molecule has 0 radical (unpaired) electrons. The molecule has 31 heavy (non-hydrogen) atoms. The van der Waals surface area contributed by atoms with Gasteiger partial charge >= 0.3 is 0 Å². The fourth-order valence-electron chi connectivity index (χ4n) is 3.21. The summed E-state index contributed by atoms with van der Waals surface area (Å²) >= 11 is 0. The first-order chi connectivity index (χ1) is 15.2. The number of anilines is 1. The summed E-state index contributed by atoms with van der Waals surface area (Å²) in [5.74, 6) is 2.99. The summed E-state index contributed by atoms with van der Waals surface area (Å²) in [6.45, 7) is 1.32. The average Bonchev–Trinajstić information content (AvgIpc) is 3.25. The van der Waals surface area contributed by atoms with E-state index in [1.54, 1.807) is 13.3 Å². The average molecular weight is 415 g/mol. The Kier molecular flexibility index (Phi) is 6.42. The number of nitrogens with one attached hydrogen (secondary N) is 1. The summed E-state index contributed by atoms with van der Waals surface area (Å²) in [7, 11) is 3.61. The van der Waals surface area contributed by atoms with Crippen molar-refractivity contribution in [1.82, 2.24) is 19.5 Å². The van der Waals surface area contributed by atoms with Gasteiger partial charge in [0, 0.05) is 37.7 Å². The van der Waals surface area contributed by atoms with Crippen LogP contribution in [0, 0.1) is 0 Å². The number of benzene rings is 2. The molecule has 4 rings (SSSR count). The van der Waals surface area contributed by atoms with Crippen molar-refractivity contribution in [2.24, 2.45) is 7.05 Å². The van der Waals surface area contributed by atoms with Gasteiger partial charge in [0.15, 0.2) is 5.82 Å². The van der Waals surface area contributed by atoms with E-state index in [2.05, 4.69) is 15.3 Å². The van der Waals surface area contributed by atoms with Gasteiger partial charge in [-0.1, -0.05) is 30.3 Å². The first-order valence-electron chi connectivity index (χ1n) is 10.2. The second kappa shape index (κ2) is 9.75. The maximum Gasteiger partial charge on any atom is 0.223 e. The van der Waals surface area contributed by atoms with Gasteiger partial charge in [0.2, 0.25) is 5.95 Å². The van der Waals surface area contributed by atoms with E-state index in [0.29, 0.717) is 19.1 Å². The Morgan fingerprint density at radius 2 is 1.84 bits per heavy atom. The van der Waals surface area contributed by atoms with Crippen LogP contribution >= 0.6 is 0 Å². The number of methoxy groups -OCH3 is 1. The number of hydrogen-bond acceptors (Lipinski definition) is 6. The smallest absolute Gasteiger partial charge is 0.223 e. The number of ether oxygens (including phenoxy) is 2. The molecule has 7 nitrogen and oxygen atoms in total. The Hall–Kier alpha value is -3.87. The molecule has 1 N–H and O–H groups in total. The molecule has 2 heterocycles. The summed E-state index contributed by atoms with van der Waals surface area (Å²) in [5, 5.41) is 3.29. The number of para-hydroxylation sites is 1. The van der Waals surface area contributed by atoms with Gasteiger partial charge in [-0.15, -0.1) is 0 Å². The van der Waals surface area contributed by atoms with Crippen LogP contribution in [0.4, 0.5) is 5.95 Å². The molecule has 2 aromatic carbocycles. The number of rotatable bonds is 9. The molecule has 2 aromatic heterocycles. The van der Waals surface area contributed by atoms with Crippen molar-refractivity contribution in [2.45, 2.75) is 6.42 Å². The summed E-state index contributed by atoms with van der Waals surface area (Å²) < 4.78 is 13.1. The van der Waals surface area contributed by atoms with E-state index in [1.165, 1.54) is 0 Å². The zero-order chi connectivity index (χ0) is 21.5. The predicted molar refractivity (Wildman–Crippen MR) is 121 cm³/mol. The van der Waals surface area contributed by atoms with Crippen LogP contribution in [0.1, 0.15) is 6.42 Å². The molecule has 0 fully saturated rings. The quantitative estimate of drug-likeness (QED) is 0.408. The predicted octanol–water partition coefficient (Wildman–Crippen LogP) is 4.43. The SMILES string of the molecule is COc1cccc(-c2cnc(NCCCOc3ccccc3)nc2-c2nccn2C)c1. The lowest BCUT2D eigenvalue weighted by Crippen LogP contribution is -2.10. The van der Waals surface area contributed by atoms with Crippen molar-refractivity contribution in [2.75, 3.05) is 25.6 Å².